The van der Waals surface area contributed by atoms with Crippen LogP contribution in [-0.2, 0) is 6.42 Å². The van der Waals surface area contributed by atoms with E-state index in [9.17, 15) is 4.79 Å². The van der Waals surface area contributed by atoms with E-state index in [1.165, 1.54) is 0 Å². The molecule has 1 amide bonds. The van der Waals surface area contributed by atoms with Crippen LogP contribution in [0.25, 0.3) is 0 Å². The van der Waals surface area contributed by atoms with Gasteiger partial charge in [0.15, 0.2) is 5.96 Å². The molecule has 1 saturated heterocycles. The molecule has 3 rings (SSSR count). The van der Waals surface area contributed by atoms with Crippen molar-refractivity contribution in [2.24, 2.45) is 4.99 Å². The van der Waals surface area contributed by atoms with Gasteiger partial charge in [0.05, 0.1) is 14.2 Å². The third kappa shape index (κ3) is 7.41. The first-order chi connectivity index (χ1) is 15.6. The Hall–Kier alpha value is -2.69. The fourth-order valence-electron chi connectivity index (χ4n) is 3.81. The van der Waals surface area contributed by atoms with Crippen LogP contribution in [-0.4, -0.2) is 65.9 Å². The summed E-state index contributed by atoms with van der Waals surface area (Å²) in [6.07, 6.45) is 1.81. The number of hydrogen-bond acceptors (Lipinski definition) is 5. The average molecular weight is 567 g/mol. The summed E-state index contributed by atoms with van der Waals surface area (Å²) in [7, 11) is 6.75. The predicted molar refractivity (Wildman–Crippen MR) is 144 cm³/mol. The Kier molecular flexibility index (Phi) is 10.6. The number of rotatable bonds is 8. The van der Waals surface area contributed by atoms with Crippen molar-refractivity contribution in [3.8, 4) is 11.5 Å². The number of benzene rings is 2. The number of carbonyl (C=O) groups is 1. The van der Waals surface area contributed by atoms with Gasteiger partial charge in [-0.05, 0) is 30.5 Å². The number of guanidine groups is 1. The van der Waals surface area contributed by atoms with Gasteiger partial charge >= 0.3 is 0 Å². The van der Waals surface area contributed by atoms with Crippen molar-refractivity contribution in [1.29, 1.82) is 0 Å². The SMILES string of the molecule is CN=C(NCCc1cccc(C(=O)NC)c1)NC1CCN(c2cc(OC)cc(OC)c2)C1.I. The van der Waals surface area contributed by atoms with Gasteiger partial charge in [-0.2, -0.15) is 0 Å². The predicted octanol–water partition coefficient (Wildman–Crippen LogP) is 2.67. The van der Waals surface area contributed by atoms with E-state index in [1.807, 2.05) is 42.5 Å². The van der Waals surface area contributed by atoms with Crippen LogP contribution < -0.4 is 30.3 Å². The van der Waals surface area contributed by atoms with Crippen LogP contribution in [0.3, 0.4) is 0 Å². The van der Waals surface area contributed by atoms with E-state index < -0.39 is 0 Å². The van der Waals surface area contributed by atoms with E-state index in [0.29, 0.717) is 5.56 Å². The van der Waals surface area contributed by atoms with Crippen molar-refractivity contribution in [3.63, 3.8) is 0 Å². The zero-order valence-corrected chi connectivity index (χ0v) is 22.0. The number of halogens is 1. The Bertz CT molecular complexity index is 931. The highest BCUT2D eigenvalue weighted by Crippen LogP contribution is 2.30. The summed E-state index contributed by atoms with van der Waals surface area (Å²) in [5.41, 5.74) is 2.87. The molecule has 9 heteroatoms. The van der Waals surface area contributed by atoms with Crippen LogP contribution in [0.1, 0.15) is 22.3 Å². The molecule has 0 spiro atoms. The molecule has 180 valence electrons. The molecule has 1 atom stereocenters. The standard InChI is InChI=1S/C24H33N5O3.HI/c1-25-23(30)18-7-5-6-17(12-18)8-10-27-24(26-2)28-19-9-11-29(16-19)20-13-21(31-3)15-22(14-20)32-4;/h5-7,12-15,19H,8-11,16H2,1-4H3,(H,25,30)(H2,26,27,28);1H. The number of carbonyl (C=O) groups excluding carboxylic acids is 1. The van der Waals surface area contributed by atoms with Crippen molar-refractivity contribution in [2.45, 2.75) is 18.9 Å². The third-order valence-electron chi connectivity index (χ3n) is 5.58. The average Bonchev–Trinajstić information content (AvgIpc) is 3.31. The minimum atomic E-state index is -0.0725. The van der Waals surface area contributed by atoms with Gasteiger partial charge in [0.1, 0.15) is 11.5 Å². The molecule has 0 bridgehead atoms. The molecule has 33 heavy (non-hydrogen) atoms. The Morgan fingerprint density at radius 2 is 1.88 bits per heavy atom. The number of hydrogen-bond donors (Lipinski definition) is 3. The fraction of sp³-hybridized carbons (Fsp3) is 0.417. The maximum Gasteiger partial charge on any atom is 0.251 e. The van der Waals surface area contributed by atoms with E-state index in [0.717, 1.165) is 61.2 Å². The van der Waals surface area contributed by atoms with E-state index in [2.05, 4.69) is 25.8 Å². The second-order valence-corrected chi connectivity index (χ2v) is 7.68. The molecule has 1 unspecified atom stereocenters. The molecule has 0 radical (unpaired) electrons. The number of methoxy groups -OCH3 is 2. The highest BCUT2D eigenvalue weighted by molar-refractivity contribution is 14.0. The second kappa shape index (κ2) is 13.1. The van der Waals surface area contributed by atoms with E-state index >= 15 is 0 Å². The van der Waals surface area contributed by atoms with Crippen molar-refractivity contribution >= 4 is 41.5 Å². The zero-order chi connectivity index (χ0) is 22.9. The minimum Gasteiger partial charge on any atom is -0.497 e. The van der Waals surface area contributed by atoms with Crippen LogP contribution in [0.2, 0.25) is 0 Å². The van der Waals surface area contributed by atoms with E-state index in [4.69, 9.17) is 9.47 Å². The van der Waals surface area contributed by atoms with Gasteiger partial charge in [-0.3, -0.25) is 9.79 Å². The van der Waals surface area contributed by atoms with Crippen LogP contribution in [0.5, 0.6) is 11.5 Å². The van der Waals surface area contributed by atoms with Crippen LogP contribution in [0.4, 0.5) is 5.69 Å². The number of nitrogens with one attached hydrogen (secondary N) is 3. The highest BCUT2D eigenvalue weighted by Gasteiger charge is 2.24. The van der Waals surface area contributed by atoms with Crippen LogP contribution in [0, 0.1) is 0 Å². The molecule has 8 nitrogen and oxygen atoms in total. The van der Waals surface area contributed by atoms with Crippen molar-refractivity contribution in [1.82, 2.24) is 16.0 Å². The Labute approximate surface area is 213 Å². The lowest BCUT2D eigenvalue weighted by Gasteiger charge is -2.21. The summed E-state index contributed by atoms with van der Waals surface area (Å²) in [5.74, 6) is 2.28. The van der Waals surface area contributed by atoms with Gasteiger partial charge < -0.3 is 30.3 Å². The number of aliphatic imine (C=N–C) groups is 1. The zero-order valence-electron chi connectivity index (χ0n) is 19.7. The Morgan fingerprint density at radius 1 is 1.15 bits per heavy atom. The number of anilines is 1. The van der Waals surface area contributed by atoms with E-state index in [-0.39, 0.29) is 35.9 Å². The lowest BCUT2D eigenvalue weighted by atomic mass is 10.1. The van der Waals surface area contributed by atoms with Gasteiger partial charge in [0.2, 0.25) is 0 Å². The first-order valence-corrected chi connectivity index (χ1v) is 10.8. The number of amides is 1. The second-order valence-electron chi connectivity index (χ2n) is 7.68. The fourth-order valence-corrected chi connectivity index (χ4v) is 3.81. The maximum absolute atomic E-state index is 11.8. The van der Waals surface area contributed by atoms with E-state index in [1.54, 1.807) is 28.3 Å². The summed E-state index contributed by atoms with van der Waals surface area (Å²) in [6, 6.07) is 13.9. The highest BCUT2D eigenvalue weighted by atomic mass is 127. The molecule has 0 aromatic heterocycles. The summed E-state index contributed by atoms with van der Waals surface area (Å²) in [5, 5.41) is 9.56. The van der Waals surface area contributed by atoms with Crippen molar-refractivity contribution in [2.75, 3.05) is 52.8 Å². The van der Waals surface area contributed by atoms with Gasteiger partial charge in [-0.25, -0.2) is 0 Å². The van der Waals surface area contributed by atoms with Gasteiger partial charge in [-0.1, -0.05) is 12.1 Å². The normalized spacial score (nSPS) is 15.5. The quantitative estimate of drug-likeness (QED) is 0.259. The first-order valence-electron chi connectivity index (χ1n) is 10.8. The minimum absolute atomic E-state index is 0. The van der Waals surface area contributed by atoms with Crippen molar-refractivity contribution < 1.29 is 14.3 Å². The molecule has 2 aromatic rings. The first kappa shape index (κ1) is 26.6. The van der Waals surface area contributed by atoms with Crippen LogP contribution >= 0.6 is 24.0 Å². The molecule has 3 N–H and O–H groups in total. The largest absolute Gasteiger partial charge is 0.497 e. The molecular formula is C24H34IN5O3. The van der Waals surface area contributed by atoms with Gasteiger partial charge in [-0.15, -0.1) is 24.0 Å². The molecular weight excluding hydrogens is 533 g/mol. The summed E-state index contributed by atoms with van der Waals surface area (Å²) < 4.78 is 10.8. The number of nitrogens with zero attached hydrogens (tertiary/aromatic N) is 2. The lowest BCUT2D eigenvalue weighted by molar-refractivity contribution is 0.0963. The van der Waals surface area contributed by atoms with Crippen LogP contribution in [0.15, 0.2) is 47.5 Å². The summed E-state index contributed by atoms with van der Waals surface area (Å²) >= 11 is 0. The number of ether oxygens (including phenoxy) is 2. The molecule has 0 saturated carbocycles. The van der Waals surface area contributed by atoms with Gasteiger partial charge in [0, 0.05) is 69.2 Å². The monoisotopic (exact) mass is 567 g/mol. The molecule has 1 heterocycles. The molecule has 1 aliphatic rings. The summed E-state index contributed by atoms with van der Waals surface area (Å²) in [6.45, 7) is 2.53. The molecule has 2 aromatic carbocycles. The lowest BCUT2D eigenvalue weighted by Crippen LogP contribution is -2.45. The topological polar surface area (TPSA) is 87.2 Å². The van der Waals surface area contributed by atoms with Crippen molar-refractivity contribution in [3.05, 3.63) is 53.6 Å². The Balaban J connectivity index is 0.00000385. The van der Waals surface area contributed by atoms with Gasteiger partial charge in [0.25, 0.3) is 5.91 Å². The third-order valence-corrected chi connectivity index (χ3v) is 5.58. The summed E-state index contributed by atoms with van der Waals surface area (Å²) in [4.78, 5) is 18.5. The smallest absolute Gasteiger partial charge is 0.251 e. The maximum atomic E-state index is 11.8. The molecule has 0 aliphatic carbocycles. The molecule has 1 aliphatic heterocycles. The Morgan fingerprint density at radius 3 is 2.52 bits per heavy atom. The molecule has 1 fully saturated rings.